The minimum Gasteiger partial charge on any atom is -0.388 e. The van der Waals surface area contributed by atoms with E-state index in [0.717, 1.165) is 16.7 Å². The molecule has 0 heterocycles. The van der Waals surface area contributed by atoms with E-state index in [-0.39, 0.29) is 10.6 Å². The highest BCUT2D eigenvalue weighted by atomic mass is 35.5. The first kappa shape index (κ1) is 14.0. The van der Waals surface area contributed by atoms with E-state index in [0.29, 0.717) is 6.42 Å². The van der Waals surface area contributed by atoms with E-state index in [1.165, 1.54) is 6.07 Å². The third-order valence-corrected chi connectivity index (χ3v) is 3.55. The average molecular weight is 279 g/mol. The Morgan fingerprint density at radius 3 is 2.68 bits per heavy atom. The number of aryl methyl sites for hydroxylation is 2. The molecule has 2 aromatic carbocycles. The minimum absolute atomic E-state index is 0.0394. The molecular weight excluding hydrogens is 263 g/mol. The molecule has 0 amide bonds. The largest absolute Gasteiger partial charge is 0.388 e. The van der Waals surface area contributed by atoms with E-state index in [4.69, 9.17) is 11.6 Å². The van der Waals surface area contributed by atoms with Crippen LogP contribution in [0.4, 0.5) is 4.39 Å². The zero-order valence-electron chi connectivity index (χ0n) is 11.0. The number of hydrogen-bond acceptors (Lipinski definition) is 1. The third-order valence-electron chi connectivity index (χ3n) is 3.26. The van der Waals surface area contributed by atoms with E-state index in [1.54, 1.807) is 12.1 Å². The van der Waals surface area contributed by atoms with Gasteiger partial charge in [0.15, 0.2) is 0 Å². The van der Waals surface area contributed by atoms with Gasteiger partial charge in [-0.1, -0.05) is 47.5 Å². The fourth-order valence-electron chi connectivity index (χ4n) is 2.12. The number of hydrogen-bond donors (Lipinski definition) is 1. The average Bonchev–Trinajstić information content (AvgIpc) is 2.37. The molecule has 0 aliphatic heterocycles. The first-order valence-corrected chi connectivity index (χ1v) is 6.55. The van der Waals surface area contributed by atoms with Crippen LogP contribution in [0, 0.1) is 19.7 Å². The van der Waals surface area contributed by atoms with Crippen molar-refractivity contribution in [2.45, 2.75) is 26.4 Å². The monoisotopic (exact) mass is 278 g/mol. The summed E-state index contributed by atoms with van der Waals surface area (Å²) in [7, 11) is 0. The quantitative estimate of drug-likeness (QED) is 0.884. The molecule has 1 N–H and O–H groups in total. The SMILES string of the molecule is Cc1ccc(C)c(CC(O)c2cccc(Cl)c2F)c1. The Labute approximate surface area is 117 Å². The van der Waals surface area contributed by atoms with E-state index >= 15 is 0 Å². The lowest BCUT2D eigenvalue weighted by Crippen LogP contribution is -2.06. The highest BCUT2D eigenvalue weighted by Gasteiger charge is 2.16. The van der Waals surface area contributed by atoms with Gasteiger partial charge in [0.2, 0.25) is 0 Å². The summed E-state index contributed by atoms with van der Waals surface area (Å²) < 4.78 is 13.8. The molecule has 0 bridgehead atoms. The zero-order chi connectivity index (χ0) is 14.0. The van der Waals surface area contributed by atoms with Crippen LogP contribution < -0.4 is 0 Å². The Kier molecular flexibility index (Phi) is 4.23. The minimum atomic E-state index is -0.890. The highest BCUT2D eigenvalue weighted by Crippen LogP contribution is 2.26. The van der Waals surface area contributed by atoms with Crippen molar-refractivity contribution in [2.75, 3.05) is 0 Å². The Balaban J connectivity index is 2.28. The van der Waals surface area contributed by atoms with Gasteiger partial charge in [0, 0.05) is 12.0 Å². The molecule has 2 aromatic rings. The van der Waals surface area contributed by atoms with Gasteiger partial charge in [-0.3, -0.25) is 0 Å². The summed E-state index contributed by atoms with van der Waals surface area (Å²) in [6, 6.07) is 10.7. The third kappa shape index (κ3) is 3.14. The van der Waals surface area contributed by atoms with E-state index in [9.17, 15) is 9.50 Å². The highest BCUT2D eigenvalue weighted by molar-refractivity contribution is 6.30. The van der Waals surface area contributed by atoms with Crippen LogP contribution in [0.5, 0.6) is 0 Å². The number of aliphatic hydroxyl groups excluding tert-OH is 1. The van der Waals surface area contributed by atoms with Crippen molar-refractivity contribution in [1.29, 1.82) is 0 Å². The maximum absolute atomic E-state index is 13.8. The molecular formula is C16H16ClFO. The second-order valence-corrected chi connectivity index (χ2v) is 5.20. The molecule has 100 valence electrons. The lowest BCUT2D eigenvalue weighted by Gasteiger charge is -2.14. The fourth-order valence-corrected chi connectivity index (χ4v) is 2.30. The zero-order valence-corrected chi connectivity index (χ0v) is 11.7. The number of rotatable bonds is 3. The second-order valence-electron chi connectivity index (χ2n) is 4.79. The number of benzene rings is 2. The number of halogens is 2. The molecule has 0 aliphatic rings. The van der Waals surface area contributed by atoms with Gasteiger partial charge in [-0.2, -0.15) is 0 Å². The van der Waals surface area contributed by atoms with Crippen LogP contribution >= 0.6 is 11.6 Å². The van der Waals surface area contributed by atoms with Crippen LogP contribution in [0.1, 0.15) is 28.4 Å². The lowest BCUT2D eigenvalue weighted by molar-refractivity contribution is 0.173. The van der Waals surface area contributed by atoms with Gasteiger partial charge in [0.1, 0.15) is 5.82 Å². The second kappa shape index (κ2) is 5.72. The van der Waals surface area contributed by atoms with Gasteiger partial charge in [0.25, 0.3) is 0 Å². The molecule has 0 fully saturated rings. The summed E-state index contributed by atoms with van der Waals surface area (Å²) in [4.78, 5) is 0. The van der Waals surface area contributed by atoms with Crippen molar-refractivity contribution in [1.82, 2.24) is 0 Å². The van der Waals surface area contributed by atoms with Crippen LogP contribution in [0.3, 0.4) is 0 Å². The maximum Gasteiger partial charge on any atom is 0.147 e. The fraction of sp³-hybridized carbons (Fsp3) is 0.250. The van der Waals surface area contributed by atoms with Crippen LogP contribution in [-0.4, -0.2) is 5.11 Å². The summed E-state index contributed by atoms with van der Waals surface area (Å²) >= 11 is 5.73. The van der Waals surface area contributed by atoms with Crippen LogP contribution in [0.2, 0.25) is 5.02 Å². The standard InChI is InChI=1S/C16H16ClFO/c1-10-6-7-11(2)12(8-10)9-15(19)13-4-3-5-14(17)16(13)18/h3-8,15,19H,9H2,1-2H3. The summed E-state index contributed by atoms with van der Waals surface area (Å²) in [5.74, 6) is -0.540. The Morgan fingerprint density at radius 2 is 1.95 bits per heavy atom. The maximum atomic E-state index is 13.8. The molecule has 0 saturated heterocycles. The molecule has 2 rings (SSSR count). The van der Waals surface area contributed by atoms with E-state index in [1.807, 2.05) is 32.0 Å². The van der Waals surface area contributed by atoms with Gasteiger partial charge < -0.3 is 5.11 Å². The lowest BCUT2D eigenvalue weighted by atomic mass is 9.96. The Morgan fingerprint density at radius 1 is 1.21 bits per heavy atom. The summed E-state index contributed by atoms with van der Waals surface area (Å²) in [5, 5.41) is 10.2. The van der Waals surface area contributed by atoms with Gasteiger partial charge >= 0.3 is 0 Å². The molecule has 1 atom stereocenters. The smallest absolute Gasteiger partial charge is 0.147 e. The van der Waals surface area contributed by atoms with E-state index in [2.05, 4.69) is 0 Å². The first-order chi connectivity index (χ1) is 8.99. The molecule has 19 heavy (non-hydrogen) atoms. The van der Waals surface area contributed by atoms with Gasteiger partial charge in [-0.25, -0.2) is 4.39 Å². The topological polar surface area (TPSA) is 20.2 Å². The predicted octanol–water partition coefficient (Wildman–Crippen LogP) is 4.37. The molecule has 0 radical (unpaired) electrons. The Bertz CT molecular complexity index is 595. The van der Waals surface area contributed by atoms with Gasteiger partial charge in [-0.15, -0.1) is 0 Å². The van der Waals surface area contributed by atoms with Crippen molar-refractivity contribution in [3.05, 3.63) is 69.5 Å². The summed E-state index contributed by atoms with van der Waals surface area (Å²) in [6.45, 7) is 3.98. The van der Waals surface area contributed by atoms with Crippen molar-refractivity contribution in [3.63, 3.8) is 0 Å². The normalized spacial score (nSPS) is 12.5. The Hall–Kier alpha value is -1.38. The molecule has 0 spiro atoms. The molecule has 1 unspecified atom stereocenters. The summed E-state index contributed by atoms with van der Waals surface area (Å²) in [6.07, 6.45) is -0.510. The van der Waals surface area contributed by atoms with Crippen LogP contribution in [0.15, 0.2) is 36.4 Å². The summed E-state index contributed by atoms with van der Waals surface area (Å²) in [5.41, 5.74) is 3.48. The van der Waals surface area contributed by atoms with Gasteiger partial charge in [0.05, 0.1) is 11.1 Å². The molecule has 0 saturated carbocycles. The van der Waals surface area contributed by atoms with Crippen molar-refractivity contribution >= 4 is 11.6 Å². The van der Waals surface area contributed by atoms with E-state index < -0.39 is 11.9 Å². The van der Waals surface area contributed by atoms with Gasteiger partial charge in [-0.05, 0) is 31.0 Å². The molecule has 3 heteroatoms. The first-order valence-electron chi connectivity index (χ1n) is 6.17. The van der Waals surface area contributed by atoms with Crippen molar-refractivity contribution < 1.29 is 9.50 Å². The van der Waals surface area contributed by atoms with Crippen LogP contribution in [0.25, 0.3) is 0 Å². The molecule has 1 nitrogen and oxygen atoms in total. The van der Waals surface area contributed by atoms with Crippen molar-refractivity contribution in [2.24, 2.45) is 0 Å². The van der Waals surface area contributed by atoms with Crippen LogP contribution in [-0.2, 0) is 6.42 Å². The number of aliphatic hydroxyl groups is 1. The predicted molar refractivity (Wildman–Crippen MR) is 76.0 cm³/mol. The molecule has 0 aliphatic carbocycles. The van der Waals surface area contributed by atoms with Crippen molar-refractivity contribution in [3.8, 4) is 0 Å². The molecule has 0 aromatic heterocycles.